The number of halogens is 1. The van der Waals surface area contributed by atoms with E-state index < -0.39 is 5.97 Å². The van der Waals surface area contributed by atoms with Crippen LogP contribution in [0.2, 0.25) is 0 Å². The maximum absolute atomic E-state index is 9.24. The van der Waals surface area contributed by atoms with Gasteiger partial charge < -0.3 is 7.96 Å². The first kappa shape index (κ1) is 15.9. The van der Waals surface area contributed by atoms with Crippen molar-refractivity contribution in [3.63, 3.8) is 0 Å². The minimum atomic E-state index is -0.980. The summed E-state index contributed by atoms with van der Waals surface area (Å²) in [6.07, 6.45) is 0. The molecule has 2 nitrogen and oxygen atoms in total. The van der Waals surface area contributed by atoms with Crippen LogP contribution in [-0.2, 0) is 4.79 Å². The minimum Gasteiger partial charge on any atom is -1.00 e. The van der Waals surface area contributed by atoms with Crippen molar-refractivity contribution in [3.05, 3.63) is 0 Å². The van der Waals surface area contributed by atoms with E-state index in [-0.39, 0.29) is 67.8 Å². The van der Waals surface area contributed by atoms with Crippen LogP contribution in [-0.4, -0.2) is 17.0 Å². The van der Waals surface area contributed by atoms with Gasteiger partial charge in [-0.1, -0.05) is 0 Å². The van der Waals surface area contributed by atoms with Gasteiger partial charge in [0.1, 0.15) is 5.88 Å². The third-order valence-electron chi connectivity index (χ3n) is 0.114. The van der Waals surface area contributed by atoms with Gasteiger partial charge in [-0.2, -0.15) is 0 Å². The predicted molar refractivity (Wildman–Crippen MR) is 20.6 cm³/mol. The zero-order valence-electron chi connectivity index (χ0n) is 6.44. The molecular formula is C2H5ClNa2O2. The largest absolute Gasteiger partial charge is 1.00 e. The van der Waals surface area contributed by atoms with E-state index in [1.165, 1.54) is 0 Å². The molecule has 0 atom stereocenters. The summed E-state index contributed by atoms with van der Waals surface area (Å²) >= 11 is 4.74. The Hall–Kier alpha value is 1.76. The van der Waals surface area contributed by atoms with E-state index in [1.807, 2.05) is 0 Å². The van der Waals surface area contributed by atoms with E-state index in [2.05, 4.69) is 0 Å². The SMILES string of the molecule is O=C(O)CCl.[H-].[H-].[Na+].[Na+]. The van der Waals surface area contributed by atoms with Gasteiger partial charge in [-0.3, -0.25) is 4.79 Å². The Labute approximate surface area is 94.2 Å². The van der Waals surface area contributed by atoms with Gasteiger partial charge in [-0.05, 0) is 0 Å². The van der Waals surface area contributed by atoms with E-state index in [0.29, 0.717) is 0 Å². The third-order valence-corrected chi connectivity index (χ3v) is 0.343. The number of carboxylic acids is 1. The van der Waals surface area contributed by atoms with Crippen molar-refractivity contribution in [2.45, 2.75) is 0 Å². The summed E-state index contributed by atoms with van der Waals surface area (Å²) in [5.74, 6) is -1.29. The van der Waals surface area contributed by atoms with Crippen LogP contribution < -0.4 is 59.1 Å². The first-order valence-corrected chi connectivity index (χ1v) is 1.58. The standard InChI is InChI=1S/C2H3ClO2.2Na.2H/c3-1-2(4)5;;;;/h1H2,(H,4,5);;;;/q;2*+1;2*-1. The van der Waals surface area contributed by atoms with Crippen molar-refractivity contribution in [1.82, 2.24) is 0 Å². The van der Waals surface area contributed by atoms with E-state index in [9.17, 15) is 4.79 Å². The maximum Gasteiger partial charge on any atom is 1.00 e. The number of rotatable bonds is 1. The molecule has 0 radical (unpaired) electrons. The summed E-state index contributed by atoms with van der Waals surface area (Å²) in [4.78, 5) is 9.24. The van der Waals surface area contributed by atoms with Crippen LogP contribution in [0.1, 0.15) is 2.85 Å². The number of carboxylic acid groups (broad SMARTS) is 1. The second kappa shape index (κ2) is 10.7. The monoisotopic (exact) mass is 142 g/mol. The first-order chi connectivity index (χ1) is 2.27. The van der Waals surface area contributed by atoms with Gasteiger partial charge in [0.2, 0.25) is 0 Å². The molecule has 0 aromatic heterocycles. The molecule has 34 valence electrons. The summed E-state index contributed by atoms with van der Waals surface area (Å²) < 4.78 is 0. The van der Waals surface area contributed by atoms with Gasteiger partial charge in [0, 0.05) is 0 Å². The maximum atomic E-state index is 9.24. The van der Waals surface area contributed by atoms with Gasteiger partial charge in [0.25, 0.3) is 0 Å². The fourth-order valence-electron chi connectivity index (χ4n) is 0. The van der Waals surface area contributed by atoms with Gasteiger partial charge in [0.05, 0.1) is 0 Å². The number of hydrogen-bond donors (Lipinski definition) is 1. The third kappa shape index (κ3) is 18.2. The van der Waals surface area contributed by atoms with Gasteiger partial charge in [-0.25, -0.2) is 0 Å². The second-order valence-corrected chi connectivity index (χ2v) is 0.795. The van der Waals surface area contributed by atoms with E-state index in [4.69, 9.17) is 16.7 Å². The summed E-state index contributed by atoms with van der Waals surface area (Å²) in [6.45, 7) is 0. The summed E-state index contributed by atoms with van der Waals surface area (Å²) in [5.41, 5.74) is 0. The van der Waals surface area contributed by atoms with Crippen molar-refractivity contribution in [2.24, 2.45) is 0 Å². The topological polar surface area (TPSA) is 37.3 Å². The molecule has 0 amide bonds. The molecule has 0 bridgehead atoms. The van der Waals surface area contributed by atoms with Crippen molar-refractivity contribution >= 4 is 17.6 Å². The van der Waals surface area contributed by atoms with Crippen LogP contribution in [0.15, 0.2) is 0 Å². The zero-order valence-corrected chi connectivity index (χ0v) is 9.20. The normalized spacial score (nSPS) is 5.29. The van der Waals surface area contributed by atoms with E-state index in [1.54, 1.807) is 0 Å². The number of carbonyl (C=O) groups is 1. The van der Waals surface area contributed by atoms with Crippen molar-refractivity contribution in [2.75, 3.05) is 5.88 Å². The van der Waals surface area contributed by atoms with E-state index in [0.717, 1.165) is 0 Å². The van der Waals surface area contributed by atoms with E-state index >= 15 is 0 Å². The average Bonchev–Trinajstić information content (AvgIpc) is 1.38. The molecule has 0 aliphatic carbocycles. The number of aliphatic carboxylic acids is 1. The Kier molecular flexibility index (Phi) is 24.3. The van der Waals surface area contributed by atoms with Gasteiger partial charge in [0.15, 0.2) is 0 Å². The van der Waals surface area contributed by atoms with Crippen LogP contribution in [0.3, 0.4) is 0 Å². The molecule has 0 heterocycles. The van der Waals surface area contributed by atoms with Crippen molar-refractivity contribution in [1.29, 1.82) is 0 Å². The quantitative estimate of drug-likeness (QED) is 0.293. The Morgan fingerprint density at radius 3 is 1.86 bits per heavy atom. The Balaban J connectivity index is -0.0000000133. The molecule has 0 aromatic carbocycles. The molecule has 0 aliphatic rings. The molecular weight excluding hydrogens is 137 g/mol. The number of alkyl halides is 1. The van der Waals surface area contributed by atoms with Crippen LogP contribution in [0.4, 0.5) is 0 Å². The predicted octanol–water partition coefficient (Wildman–Crippen LogP) is -5.46. The van der Waals surface area contributed by atoms with Crippen molar-refractivity contribution in [3.8, 4) is 0 Å². The summed E-state index contributed by atoms with van der Waals surface area (Å²) in [7, 11) is 0. The Morgan fingerprint density at radius 1 is 1.71 bits per heavy atom. The molecule has 0 aliphatic heterocycles. The summed E-state index contributed by atoms with van der Waals surface area (Å²) in [6, 6.07) is 0. The first-order valence-electron chi connectivity index (χ1n) is 1.05. The fraction of sp³-hybridized carbons (Fsp3) is 0.500. The van der Waals surface area contributed by atoms with Crippen LogP contribution >= 0.6 is 11.6 Å². The fourth-order valence-corrected chi connectivity index (χ4v) is 0. The van der Waals surface area contributed by atoms with Crippen LogP contribution in [0.5, 0.6) is 0 Å². The molecule has 0 aromatic rings. The average molecular weight is 142 g/mol. The van der Waals surface area contributed by atoms with Gasteiger partial charge in [-0.15, -0.1) is 11.6 Å². The van der Waals surface area contributed by atoms with Crippen LogP contribution in [0.25, 0.3) is 0 Å². The Bertz CT molecular complexity index is 55.8. The molecule has 0 saturated carbocycles. The second-order valence-electron chi connectivity index (χ2n) is 0.527. The molecule has 0 rings (SSSR count). The summed E-state index contributed by atoms with van der Waals surface area (Å²) in [5, 5.41) is 7.59. The molecule has 7 heavy (non-hydrogen) atoms. The molecule has 1 N–H and O–H groups in total. The minimum absolute atomic E-state index is 0. The molecule has 0 unspecified atom stereocenters. The van der Waals surface area contributed by atoms with Crippen LogP contribution in [0, 0.1) is 0 Å². The Morgan fingerprint density at radius 2 is 1.86 bits per heavy atom. The number of hydrogen-bond acceptors (Lipinski definition) is 1. The van der Waals surface area contributed by atoms with Crippen molar-refractivity contribution < 1.29 is 71.9 Å². The zero-order chi connectivity index (χ0) is 4.28. The smallest absolute Gasteiger partial charge is 1.00 e. The molecule has 0 fully saturated rings. The molecule has 0 saturated heterocycles. The van der Waals surface area contributed by atoms with Gasteiger partial charge >= 0.3 is 65.1 Å². The molecule has 5 heteroatoms. The molecule has 0 spiro atoms.